The number of benzene rings is 1. The molecule has 0 saturated carbocycles. The quantitative estimate of drug-likeness (QED) is 0.887. The van der Waals surface area contributed by atoms with E-state index in [0.717, 1.165) is 15.7 Å². The summed E-state index contributed by atoms with van der Waals surface area (Å²) in [5, 5.41) is 3.14. The zero-order valence-electron chi connectivity index (χ0n) is 12.3. The van der Waals surface area contributed by atoms with Gasteiger partial charge in [0.25, 0.3) is 0 Å². The van der Waals surface area contributed by atoms with Gasteiger partial charge >= 0.3 is 6.55 Å². The number of nitrogens with zero attached hydrogens (tertiary/aromatic N) is 2. The number of halogens is 2. The minimum Gasteiger partial charge on any atom is -0.485 e. The Bertz CT molecular complexity index is 598. The van der Waals surface area contributed by atoms with Gasteiger partial charge in [-0.05, 0) is 32.5 Å². The summed E-state index contributed by atoms with van der Waals surface area (Å²) in [6, 6.07) is 5.98. The Kier molecular flexibility index (Phi) is 4.90. The molecule has 1 aromatic carbocycles. The van der Waals surface area contributed by atoms with E-state index in [9.17, 15) is 8.78 Å². The van der Waals surface area contributed by atoms with Gasteiger partial charge in [0, 0.05) is 24.0 Å². The highest BCUT2D eigenvalue weighted by atomic mass is 19.3. The molecule has 0 radical (unpaired) electrons. The van der Waals surface area contributed by atoms with Crippen LogP contribution in [-0.2, 0) is 6.61 Å². The molecule has 114 valence electrons. The molecule has 2 rings (SSSR count). The molecule has 0 amide bonds. The van der Waals surface area contributed by atoms with Crippen LogP contribution in [0, 0.1) is 6.92 Å². The zero-order chi connectivity index (χ0) is 15.4. The highest BCUT2D eigenvalue weighted by Gasteiger charge is 2.14. The second kappa shape index (κ2) is 6.67. The van der Waals surface area contributed by atoms with E-state index in [0.29, 0.717) is 5.75 Å². The monoisotopic (exact) mass is 295 g/mol. The number of aryl methyl sites for hydroxylation is 1. The number of hydrogen-bond donors (Lipinski definition) is 1. The van der Waals surface area contributed by atoms with Crippen LogP contribution in [0.4, 0.5) is 8.78 Å². The van der Waals surface area contributed by atoms with Gasteiger partial charge in [-0.15, -0.1) is 0 Å². The lowest BCUT2D eigenvalue weighted by molar-refractivity contribution is 0.0632. The molecule has 1 aromatic heterocycles. The first kappa shape index (κ1) is 15.4. The first-order chi connectivity index (χ1) is 10.0. The van der Waals surface area contributed by atoms with Crippen molar-refractivity contribution in [2.24, 2.45) is 0 Å². The maximum absolute atomic E-state index is 12.8. The van der Waals surface area contributed by atoms with Gasteiger partial charge in [0.1, 0.15) is 12.4 Å². The maximum atomic E-state index is 12.8. The summed E-state index contributed by atoms with van der Waals surface area (Å²) in [4.78, 5) is 3.91. The Balaban J connectivity index is 2.19. The molecule has 0 aliphatic carbocycles. The average Bonchev–Trinajstić information content (AvgIpc) is 2.93. The molecule has 1 unspecified atom stereocenters. The van der Waals surface area contributed by atoms with Gasteiger partial charge in [-0.2, -0.15) is 8.78 Å². The molecule has 21 heavy (non-hydrogen) atoms. The van der Waals surface area contributed by atoms with Crippen LogP contribution in [0.5, 0.6) is 5.75 Å². The lowest BCUT2D eigenvalue weighted by Crippen LogP contribution is -2.14. The molecular weight excluding hydrogens is 276 g/mol. The third-order valence-corrected chi connectivity index (χ3v) is 3.38. The van der Waals surface area contributed by atoms with Crippen LogP contribution in [0.1, 0.15) is 36.5 Å². The third-order valence-electron chi connectivity index (χ3n) is 3.38. The summed E-state index contributed by atoms with van der Waals surface area (Å²) in [5.41, 5.74) is 2.03. The number of alkyl halides is 2. The molecule has 0 bridgehead atoms. The molecule has 0 saturated heterocycles. The third kappa shape index (κ3) is 3.58. The molecule has 0 aliphatic rings. The number of rotatable bonds is 6. The zero-order valence-corrected chi connectivity index (χ0v) is 12.3. The molecule has 0 spiro atoms. The summed E-state index contributed by atoms with van der Waals surface area (Å²) in [7, 11) is 1.86. The van der Waals surface area contributed by atoms with Crippen molar-refractivity contribution in [1.82, 2.24) is 14.9 Å². The predicted molar refractivity (Wildman–Crippen MR) is 76.5 cm³/mol. The van der Waals surface area contributed by atoms with Gasteiger partial charge in [0.15, 0.2) is 5.82 Å². The highest BCUT2D eigenvalue weighted by molar-refractivity contribution is 5.39. The molecule has 2 aromatic rings. The van der Waals surface area contributed by atoms with Crippen molar-refractivity contribution in [3.05, 3.63) is 47.5 Å². The van der Waals surface area contributed by atoms with Crippen LogP contribution in [0.15, 0.2) is 30.6 Å². The lowest BCUT2D eigenvalue weighted by atomic mass is 10.1. The van der Waals surface area contributed by atoms with E-state index in [2.05, 4.69) is 10.3 Å². The van der Waals surface area contributed by atoms with Crippen molar-refractivity contribution < 1.29 is 13.5 Å². The molecule has 4 nitrogen and oxygen atoms in total. The Morgan fingerprint density at radius 2 is 2.14 bits per heavy atom. The van der Waals surface area contributed by atoms with E-state index >= 15 is 0 Å². The van der Waals surface area contributed by atoms with E-state index in [1.165, 1.54) is 12.4 Å². The molecule has 1 heterocycles. The minimum atomic E-state index is -2.61. The van der Waals surface area contributed by atoms with Crippen LogP contribution in [0.3, 0.4) is 0 Å². The van der Waals surface area contributed by atoms with Crippen LogP contribution in [0.25, 0.3) is 0 Å². The number of ether oxygens (including phenoxy) is 1. The van der Waals surface area contributed by atoms with Gasteiger partial charge in [0.2, 0.25) is 0 Å². The van der Waals surface area contributed by atoms with E-state index in [1.54, 1.807) is 0 Å². The van der Waals surface area contributed by atoms with Gasteiger partial charge in [-0.1, -0.05) is 12.1 Å². The summed E-state index contributed by atoms with van der Waals surface area (Å²) >= 11 is 0. The number of hydrogen-bond acceptors (Lipinski definition) is 3. The topological polar surface area (TPSA) is 39.1 Å². The van der Waals surface area contributed by atoms with Crippen LogP contribution < -0.4 is 10.1 Å². The normalized spacial score (nSPS) is 12.7. The van der Waals surface area contributed by atoms with Gasteiger partial charge in [0.05, 0.1) is 0 Å². The van der Waals surface area contributed by atoms with E-state index in [1.807, 2.05) is 39.1 Å². The van der Waals surface area contributed by atoms with Gasteiger partial charge in [-0.3, -0.25) is 4.57 Å². The van der Waals surface area contributed by atoms with Crippen molar-refractivity contribution in [3.8, 4) is 5.75 Å². The number of aromatic nitrogens is 2. The largest absolute Gasteiger partial charge is 0.485 e. The first-order valence-electron chi connectivity index (χ1n) is 6.73. The molecule has 0 fully saturated rings. The van der Waals surface area contributed by atoms with Crippen molar-refractivity contribution in [2.75, 3.05) is 7.05 Å². The number of imidazole rings is 1. The lowest BCUT2D eigenvalue weighted by Gasteiger charge is -2.17. The molecule has 0 aliphatic heterocycles. The molecule has 6 heteroatoms. The molecule has 1 atom stereocenters. The Hall–Kier alpha value is -1.95. The molecular formula is C15H19F2N3O. The fourth-order valence-corrected chi connectivity index (χ4v) is 2.06. The Morgan fingerprint density at radius 1 is 1.38 bits per heavy atom. The maximum Gasteiger partial charge on any atom is 0.320 e. The second-order valence-corrected chi connectivity index (χ2v) is 4.87. The van der Waals surface area contributed by atoms with Gasteiger partial charge < -0.3 is 10.1 Å². The Morgan fingerprint density at radius 3 is 2.81 bits per heavy atom. The first-order valence-corrected chi connectivity index (χ1v) is 6.73. The van der Waals surface area contributed by atoms with Gasteiger partial charge in [-0.25, -0.2) is 4.98 Å². The fourth-order valence-electron chi connectivity index (χ4n) is 2.06. The van der Waals surface area contributed by atoms with Crippen molar-refractivity contribution >= 4 is 0 Å². The number of nitrogens with one attached hydrogen (secondary N) is 1. The van der Waals surface area contributed by atoms with Crippen LogP contribution in [0.2, 0.25) is 0 Å². The summed E-state index contributed by atoms with van der Waals surface area (Å²) < 4.78 is 32.1. The van der Waals surface area contributed by atoms with E-state index < -0.39 is 6.55 Å². The van der Waals surface area contributed by atoms with Crippen LogP contribution in [-0.4, -0.2) is 16.6 Å². The van der Waals surface area contributed by atoms with E-state index in [4.69, 9.17) is 4.74 Å². The highest BCUT2D eigenvalue weighted by Crippen LogP contribution is 2.27. The standard InChI is InChI=1S/C15H19F2N3O/c1-10-4-5-12(11(2)18-3)13(8-10)21-9-14-19-6-7-20(14)15(16)17/h4-8,11,15,18H,9H2,1-3H3. The van der Waals surface area contributed by atoms with Crippen molar-refractivity contribution in [1.29, 1.82) is 0 Å². The average molecular weight is 295 g/mol. The minimum absolute atomic E-state index is 0.00419. The fraction of sp³-hybridized carbons (Fsp3) is 0.400. The summed E-state index contributed by atoms with van der Waals surface area (Å²) in [6.45, 7) is 1.36. The molecule has 1 N–H and O–H groups in total. The van der Waals surface area contributed by atoms with Crippen molar-refractivity contribution in [3.63, 3.8) is 0 Å². The SMILES string of the molecule is CNC(C)c1ccc(C)cc1OCc1nccn1C(F)F. The van der Waals surface area contributed by atoms with Crippen molar-refractivity contribution in [2.45, 2.75) is 33.0 Å². The predicted octanol–water partition coefficient (Wildman–Crippen LogP) is 3.45. The summed E-state index contributed by atoms with van der Waals surface area (Å²) in [6.07, 6.45) is 2.59. The summed E-state index contributed by atoms with van der Waals surface area (Å²) in [5.74, 6) is 0.884. The van der Waals surface area contributed by atoms with Crippen LogP contribution >= 0.6 is 0 Å². The smallest absolute Gasteiger partial charge is 0.320 e. The second-order valence-electron chi connectivity index (χ2n) is 4.87. The Labute approximate surface area is 122 Å². The van der Waals surface area contributed by atoms with E-state index in [-0.39, 0.29) is 18.5 Å².